The molecule has 2 nitrogen and oxygen atoms in total. The number of hydrogen-bond acceptors (Lipinski definition) is 1. The Morgan fingerprint density at radius 3 is 2.56 bits per heavy atom. The number of nitrogens with one attached hydrogen (secondary N) is 1. The van der Waals surface area contributed by atoms with Crippen molar-refractivity contribution in [3.63, 3.8) is 0 Å². The minimum Gasteiger partial charge on any atom is -0.356 e. The summed E-state index contributed by atoms with van der Waals surface area (Å²) in [4.78, 5) is 11.5. The van der Waals surface area contributed by atoms with Crippen LogP contribution in [0.25, 0.3) is 0 Å². The molecule has 0 spiro atoms. The van der Waals surface area contributed by atoms with Gasteiger partial charge >= 0.3 is 0 Å². The maximum absolute atomic E-state index is 11.5. The molecule has 1 aliphatic heterocycles. The fourth-order valence-corrected chi connectivity index (χ4v) is 2.20. The summed E-state index contributed by atoms with van der Waals surface area (Å²) in [6.45, 7) is 5.25. The lowest BCUT2D eigenvalue weighted by Gasteiger charge is -2.11. The fourth-order valence-electron chi connectivity index (χ4n) is 2.20. The van der Waals surface area contributed by atoms with Crippen LogP contribution in [-0.4, -0.2) is 12.5 Å². The van der Waals surface area contributed by atoms with Crippen molar-refractivity contribution < 1.29 is 4.79 Å². The van der Waals surface area contributed by atoms with E-state index in [4.69, 9.17) is 0 Å². The quantitative estimate of drug-likeness (QED) is 0.828. The Bertz CT molecular complexity index is 369. The second-order valence-corrected chi connectivity index (χ2v) is 4.61. The average molecular weight is 217 g/mol. The minimum absolute atomic E-state index is 0.0750. The minimum atomic E-state index is 0.0750. The van der Waals surface area contributed by atoms with Crippen LogP contribution in [0.5, 0.6) is 0 Å². The van der Waals surface area contributed by atoms with E-state index in [0.29, 0.717) is 5.92 Å². The zero-order chi connectivity index (χ0) is 11.5. The molecular formula is C14H19NO. The molecule has 1 saturated heterocycles. The number of carbonyl (C=O) groups excluding carboxylic acids is 1. The maximum atomic E-state index is 11.5. The summed E-state index contributed by atoms with van der Waals surface area (Å²) < 4.78 is 0. The van der Waals surface area contributed by atoms with Gasteiger partial charge in [0, 0.05) is 6.54 Å². The van der Waals surface area contributed by atoms with Crippen molar-refractivity contribution in [3.8, 4) is 0 Å². The number of carbonyl (C=O) groups is 1. The van der Waals surface area contributed by atoms with Crippen LogP contribution in [0.4, 0.5) is 0 Å². The predicted octanol–water partition coefficient (Wildman–Crippen LogP) is 2.80. The van der Waals surface area contributed by atoms with Crippen LogP contribution in [0, 0.1) is 0 Å². The van der Waals surface area contributed by atoms with Gasteiger partial charge in [-0.15, -0.1) is 0 Å². The first-order chi connectivity index (χ1) is 7.72. The van der Waals surface area contributed by atoms with Crippen molar-refractivity contribution in [1.29, 1.82) is 0 Å². The first-order valence-electron chi connectivity index (χ1n) is 6.10. The van der Waals surface area contributed by atoms with E-state index in [1.165, 1.54) is 5.56 Å². The number of benzene rings is 1. The molecule has 1 fully saturated rings. The Morgan fingerprint density at radius 2 is 2.06 bits per heavy atom. The third-order valence-electron chi connectivity index (χ3n) is 3.57. The Morgan fingerprint density at radius 1 is 1.38 bits per heavy atom. The summed E-state index contributed by atoms with van der Waals surface area (Å²) >= 11 is 0. The first-order valence-corrected chi connectivity index (χ1v) is 6.10. The molecule has 16 heavy (non-hydrogen) atoms. The van der Waals surface area contributed by atoms with Gasteiger partial charge in [0.25, 0.3) is 0 Å². The van der Waals surface area contributed by atoms with E-state index in [-0.39, 0.29) is 11.8 Å². The molecule has 2 unspecified atom stereocenters. The van der Waals surface area contributed by atoms with Gasteiger partial charge in [0.15, 0.2) is 0 Å². The molecule has 1 aromatic carbocycles. The standard InChI is InChI=1S/C14H19NO/c1-3-10(2)11-4-6-12(7-5-11)13-8-9-15-14(13)16/h4-7,10,13H,3,8-9H2,1-2H3,(H,15,16). The average Bonchev–Trinajstić information content (AvgIpc) is 2.75. The van der Waals surface area contributed by atoms with Gasteiger partial charge in [0.05, 0.1) is 5.92 Å². The van der Waals surface area contributed by atoms with Crippen molar-refractivity contribution in [2.24, 2.45) is 0 Å². The van der Waals surface area contributed by atoms with Crippen molar-refractivity contribution in [3.05, 3.63) is 35.4 Å². The van der Waals surface area contributed by atoms with E-state index in [1.54, 1.807) is 0 Å². The molecule has 0 bridgehead atoms. The summed E-state index contributed by atoms with van der Waals surface area (Å²) in [5.41, 5.74) is 2.52. The molecule has 2 rings (SSSR count). The smallest absolute Gasteiger partial charge is 0.227 e. The fraction of sp³-hybridized carbons (Fsp3) is 0.500. The molecule has 0 aliphatic carbocycles. The van der Waals surface area contributed by atoms with Crippen LogP contribution in [0.15, 0.2) is 24.3 Å². The van der Waals surface area contributed by atoms with Crippen molar-refractivity contribution in [2.75, 3.05) is 6.54 Å². The highest BCUT2D eigenvalue weighted by molar-refractivity contribution is 5.85. The molecule has 2 heteroatoms. The summed E-state index contributed by atoms with van der Waals surface area (Å²) in [6, 6.07) is 8.54. The molecule has 0 saturated carbocycles. The highest BCUT2D eigenvalue weighted by Crippen LogP contribution is 2.26. The summed E-state index contributed by atoms with van der Waals surface area (Å²) in [5.74, 6) is 0.855. The molecule has 1 aromatic rings. The highest BCUT2D eigenvalue weighted by Gasteiger charge is 2.25. The van der Waals surface area contributed by atoms with Crippen LogP contribution in [0.1, 0.15) is 49.7 Å². The van der Waals surface area contributed by atoms with Crippen LogP contribution in [0.3, 0.4) is 0 Å². The third kappa shape index (κ3) is 2.11. The van der Waals surface area contributed by atoms with Gasteiger partial charge in [-0.25, -0.2) is 0 Å². The Balaban J connectivity index is 2.15. The van der Waals surface area contributed by atoms with E-state index in [0.717, 1.165) is 24.9 Å². The van der Waals surface area contributed by atoms with Gasteiger partial charge in [0.1, 0.15) is 0 Å². The Hall–Kier alpha value is -1.31. The molecule has 2 atom stereocenters. The molecule has 0 radical (unpaired) electrons. The van der Waals surface area contributed by atoms with E-state index < -0.39 is 0 Å². The molecule has 0 aromatic heterocycles. The van der Waals surface area contributed by atoms with Gasteiger partial charge in [-0.1, -0.05) is 38.1 Å². The van der Waals surface area contributed by atoms with Crippen LogP contribution >= 0.6 is 0 Å². The zero-order valence-corrected chi connectivity index (χ0v) is 9.99. The van der Waals surface area contributed by atoms with E-state index in [9.17, 15) is 4.79 Å². The van der Waals surface area contributed by atoms with Crippen molar-refractivity contribution >= 4 is 5.91 Å². The lowest BCUT2D eigenvalue weighted by Crippen LogP contribution is -2.17. The van der Waals surface area contributed by atoms with Crippen molar-refractivity contribution in [2.45, 2.75) is 38.5 Å². The SMILES string of the molecule is CCC(C)c1ccc(C2CCNC2=O)cc1. The Labute approximate surface area is 97.1 Å². The van der Waals surface area contributed by atoms with Crippen LogP contribution in [0.2, 0.25) is 0 Å². The van der Waals surface area contributed by atoms with Gasteiger partial charge in [0.2, 0.25) is 5.91 Å². The van der Waals surface area contributed by atoms with E-state index >= 15 is 0 Å². The molecule has 1 N–H and O–H groups in total. The topological polar surface area (TPSA) is 29.1 Å². The van der Waals surface area contributed by atoms with E-state index in [2.05, 4.69) is 43.4 Å². The monoisotopic (exact) mass is 217 g/mol. The lowest BCUT2D eigenvalue weighted by atomic mass is 9.93. The molecule has 1 heterocycles. The highest BCUT2D eigenvalue weighted by atomic mass is 16.2. The third-order valence-corrected chi connectivity index (χ3v) is 3.57. The maximum Gasteiger partial charge on any atom is 0.227 e. The summed E-state index contributed by atoms with van der Waals surface area (Å²) in [7, 11) is 0. The second-order valence-electron chi connectivity index (χ2n) is 4.61. The van der Waals surface area contributed by atoms with E-state index in [1.807, 2.05) is 0 Å². The number of hydrogen-bond donors (Lipinski definition) is 1. The zero-order valence-electron chi connectivity index (χ0n) is 9.99. The van der Waals surface area contributed by atoms with Gasteiger partial charge in [-0.3, -0.25) is 4.79 Å². The van der Waals surface area contributed by atoms with Gasteiger partial charge in [-0.05, 0) is 29.9 Å². The first kappa shape index (κ1) is 11.2. The van der Waals surface area contributed by atoms with Crippen molar-refractivity contribution in [1.82, 2.24) is 5.32 Å². The molecule has 86 valence electrons. The molecular weight excluding hydrogens is 198 g/mol. The normalized spacial score (nSPS) is 21.9. The summed E-state index contributed by atoms with van der Waals surface area (Å²) in [6.07, 6.45) is 2.09. The largest absolute Gasteiger partial charge is 0.356 e. The van der Waals surface area contributed by atoms with Crippen LogP contribution < -0.4 is 5.32 Å². The van der Waals surface area contributed by atoms with Gasteiger partial charge < -0.3 is 5.32 Å². The van der Waals surface area contributed by atoms with Gasteiger partial charge in [-0.2, -0.15) is 0 Å². The molecule has 1 aliphatic rings. The number of rotatable bonds is 3. The Kier molecular flexibility index (Phi) is 3.28. The predicted molar refractivity (Wildman–Crippen MR) is 65.5 cm³/mol. The summed E-state index contributed by atoms with van der Waals surface area (Å²) in [5, 5.41) is 2.88. The van der Waals surface area contributed by atoms with Crippen LogP contribution in [-0.2, 0) is 4.79 Å². The number of amides is 1. The molecule has 1 amide bonds. The lowest BCUT2D eigenvalue weighted by molar-refractivity contribution is -0.120. The second kappa shape index (κ2) is 4.69.